The van der Waals surface area contributed by atoms with Crippen molar-refractivity contribution < 1.29 is 4.79 Å². The van der Waals surface area contributed by atoms with Gasteiger partial charge in [0.1, 0.15) is 6.04 Å². The van der Waals surface area contributed by atoms with Gasteiger partial charge in [-0.2, -0.15) is 0 Å². The molecule has 3 aliphatic rings. The topological polar surface area (TPSA) is 58.4 Å². The molecule has 3 rings (SSSR count). The minimum Gasteiger partial charge on any atom is -0.368 e. The van der Waals surface area contributed by atoms with Gasteiger partial charge in [-0.3, -0.25) is 4.79 Å². The van der Waals surface area contributed by atoms with Crippen molar-refractivity contribution in [2.24, 2.45) is 17.6 Å². The number of fused-ring (bicyclic) bond motifs is 2. The first kappa shape index (κ1) is 13.2. The number of carbonyl (C=O) groups excluding carboxylic acids is 1. The summed E-state index contributed by atoms with van der Waals surface area (Å²) in [4.78, 5) is 13.5. The fourth-order valence-corrected chi connectivity index (χ4v) is 4.50. The number of carbonyl (C=O) groups is 1. The number of primary amides is 1. The van der Waals surface area contributed by atoms with Gasteiger partial charge >= 0.3 is 0 Å². The van der Waals surface area contributed by atoms with Crippen molar-refractivity contribution in [3.05, 3.63) is 0 Å². The molecule has 3 fully saturated rings. The molecule has 1 heterocycles. The van der Waals surface area contributed by atoms with Gasteiger partial charge < -0.3 is 16.0 Å². The number of nitrogens with zero attached hydrogens (tertiary/aromatic N) is 1. The fraction of sp³-hybridized carbons (Fsp3) is 0.857. The molecule has 0 aromatic heterocycles. The molecule has 4 unspecified atom stereocenters. The Morgan fingerprint density at radius 3 is 2.68 bits per heavy atom. The highest BCUT2D eigenvalue weighted by Gasteiger charge is 2.40. The Hall–Kier alpha value is -0.840. The average Bonchev–Trinajstić information content (AvgIpc) is 3.01. The Balaban J connectivity index is 1.61. The first-order valence-corrected chi connectivity index (χ1v) is 7.92. The lowest BCUT2D eigenvalue weighted by atomic mass is 9.95. The van der Waals surface area contributed by atoms with Crippen molar-refractivity contribution in [3.8, 4) is 0 Å². The third kappa shape index (κ3) is 2.57. The number of piperidine rings is 1. The predicted octanol–water partition coefficient (Wildman–Crippen LogP) is 1.39. The maximum Gasteiger partial charge on any atom is 0.240 e. The fourth-order valence-electron chi connectivity index (χ4n) is 4.13. The van der Waals surface area contributed by atoms with Gasteiger partial charge in [-0.25, -0.2) is 0 Å². The van der Waals surface area contributed by atoms with E-state index in [1.54, 1.807) is 0 Å². The molecule has 2 saturated carbocycles. The molecule has 0 spiro atoms. The number of likely N-dealkylation sites (tertiary alicyclic amines) is 1. The standard InChI is InChI=1S/C14H23N3OS/c15-13(18)12-3-1-2-6-17(12)14(19)16-11-8-9-4-5-10(11)7-9/h9-12H,1-8H2,(H2,15,18)(H,16,19). The number of nitrogens with one attached hydrogen (secondary N) is 1. The zero-order valence-corrected chi connectivity index (χ0v) is 12.1. The van der Waals surface area contributed by atoms with Crippen LogP contribution in [0.4, 0.5) is 0 Å². The molecule has 4 nitrogen and oxygen atoms in total. The molecule has 19 heavy (non-hydrogen) atoms. The summed E-state index contributed by atoms with van der Waals surface area (Å²) < 4.78 is 0. The first-order valence-electron chi connectivity index (χ1n) is 7.51. The van der Waals surface area contributed by atoms with E-state index in [-0.39, 0.29) is 11.9 Å². The molecule has 1 amide bonds. The molecule has 1 saturated heterocycles. The van der Waals surface area contributed by atoms with E-state index in [0.29, 0.717) is 6.04 Å². The van der Waals surface area contributed by atoms with Crippen LogP contribution in [0.2, 0.25) is 0 Å². The molecule has 0 aromatic carbocycles. The van der Waals surface area contributed by atoms with Gasteiger partial charge in [-0.15, -0.1) is 0 Å². The van der Waals surface area contributed by atoms with Gasteiger partial charge in [0.15, 0.2) is 5.11 Å². The van der Waals surface area contributed by atoms with Crippen molar-refractivity contribution in [1.82, 2.24) is 10.2 Å². The van der Waals surface area contributed by atoms with Crippen LogP contribution in [0.25, 0.3) is 0 Å². The Labute approximate surface area is 120 Å². The van der Waals surface area contributed by atoms with Crippen molar-refractivity contribution in [1.29, 1.82) is 0 Å². The van der Waals surface area contributed by atoms with E-state index in [1.807, 2.05) is 4.90 Å². The van der Waals surface area contributed by atoms with E-state index in [2.05, 4.69) is 5.32 Å². The summed E-state index contributed by atoms with van der Waals surface area (Å²) in [6, 6.07) is 0.328. The number of rotatable bonds is 2. The molecule has 2 aliphatic carbocycles. The Kier molecular flexibility index (Phi) is 3.65. The normalized spacial score (nSPS) is 37.4. The molecule has 106 valence electrons. The minimum atomic E-state index is -0.239. The summed E-state index contributed by atoms with van der Waals surface area (Å²) in [6.07, 6.45) is 8.35. The van der Waals surface area contributed by atoms with Crippen LogP contribution in [0.15, 0.2) is 0 Å². The van der Waals surface area contributed by atoms with Gasteiger partial charge in [-0.1, -0.05) is 6.42 Å². The zero-order valence-electron chi connectivity index (χ0n) is 11.3. The van der Waals surface area contributed by atoms with Crippen LogP contribution < -0.4 is 11.1 Å². The molecule has 0 radical (unpaired) electrons. The smallest absolute Gasteiger partial charge is 0.240 e. The van der Waals surface area contributed by atoms with E-state index in [1.165, 1.54) is 25.7 Å². The van der Waals surface area contributed by atoms with Crippen molar-refractivity contribution in [3.63, 3.8) is 0 Å². The second kappa shape index (κ2) is 5.27. The number of amides is 1. The molecule has 4 atom stereocenters. The summed E-state index contributed by atoms with van der Waals surface area (Å²) in [7, 11) is 0. The molecule has 3 N–H and O–H groups in total. The molecule has 0 aromatic rings. The maximum atomic E-state index is 11.5. The second-order valence-corrected chi connectivity index (χ2v) is 6.72. The van der Waals surface area contributed by atoms with Crippen LogP contribution in [0.5, 0.6) is 0 Å². The average molecular weight is 281 g/mol. The van der Waals surface area contributed by atoms with Crippen LogP contribution in [0.3, 0.4) is 0 Å². The largest absolute Gasteiger partial charge is 0.368 e. The van der Waals surface area contributed by atoms with Gasteiger partial charge in [0.2, 0.25) is 5.91 Å². The summed E-state index contributed by atoms with van der Waals surface area (Å²) in [5, 5.41) is 4.27. The second-order valence-electron chi connectivity index (χ2n) is 6.34. The number of nitrogens with two attached hydrogens (primary N) is 1. The highest BCUT2D eigenvalue weighted by molar-refractivity contribution is 7.80. The summed E-state index contributed by atoms with van der Waals surface area (Å²) in [6.45, 7) is 0.861. The lowest BCUT2D eigenvalue weighted by Gasteiger charge is -2.37. The van der Waals surface area contributed by atoms with Crippen LogP contribution in [0.1, 0.15) is 44.9 Å². The molecular formula is C14H23N3OS. The zero-order chi connectivity index (χ0) is 13.4. The highest BCUT2D eigenvalue weighted by atomic mass is 32.1. The first-order chi connectivity index (χ1) is 9.15. The van der Waals surface area contributed by atoms with Gasteiger partial charge in [0, 0.05) is 12.6 Å². The predicted molar refractivity (Wildman–Crippen MR) is 78.5 cm³/mol. The van der Waals surface area contributed by atoms with Crippen LogP contribution in [0, 0.1) is 11.8 Å². The van der Waals surface area contributed by atoms with E-state index >= 15 is 0 Å². The third-order valence-electron chi connectivity index (χ3n) is 5.14. The Bertz CT molecular complexity index is 387. The van der Waals surface area contributed by atoms with Crippen molar-refractivity contribution in [2.75, 3.05) is 6.54 Å². The lowest BCUT2D eigenvalue weighted by molar-refractivity contribution is -0.122. The van der Waals surface area contributed by atoms with Crippen molar-refractivity contribution >= 4 is 23.2 Å². The van der Waals surface area contributed by atoms with Crippen LogP contribution >= 0.6 is 12.2 Å². The Morgan fingerprint density at radius 2 is 2.05 bits per heavy atom. The summed E-state index contributed by atoms with van der Waals surface area (Å²) in [5.74, 6) is 1.45. The van der Waals surface area contributed by atoms with Crippen LogP contribution in [-0.4, -0.2) is 34.5 Å². The lowest BCUT2D eigenvalue weighted by Crippen LogP contribution is -2.55. The van der Waals surface area contributed by atoms with Gasteiger partial charge in [-0.05, 0) is 62.6 Å². The van der Waals surface area contributed by atoms with E-state index in [4.69, 9.17) is 18.0 Å². The van der Waals surface area contributed by atoms with Gasteiger partial charge in [0.25, 0.3) is 0 Å². The summed E-state index contributed by atoms with van der Waals surface area (Å²) >= 11 is 5.53. The third-order valence-corrected chi connectivity index (χ3v) is 5.49. The molecule has 2 bridgehead atoms. The molecule has 5 heteroatoms. The van der Waals surface area contributed by atoms with Crippen LogP contribution in [-0.2, 0) is 4.79 Å². The Morgan fingerprint density at radius 1 is 1.21 bits per heavy atom. The maximum absolute atomic E-state index is 11.5. The SMILES string of the molecule is NC(=O)C1CCCCN1C(=S)NC1CC2CCC1C2. The summed E-state index contributed by atoms with van der Waals surface area (Å²) in [5.41, 5.74) is 5.50. The van der Waals surface area contributed by atoms with E-state index in [0.717, 1.165) is 42.8 Å². The number of hydrogen-bond acceptors (Lipinski definition) is 2. The van der Waals surface area contributed by atoms with Gasteiger partial charge in [0.05, 0.1) is 0 Å². The van der Waals surface area contributed by atoms with E-state index < -0.39 is 0 Å². The highest BCUT2D eigenvalue weighted by Crippen LogP contribution is 2.44. The van der Waals surface area contributed by atoms with E-state index in [9.17, 15) is 4.79 Å². The quantitative estimate of drug-likeness (QED) is 0.751. The number of thiocarbonyl (C=S) groups is 1. The molecular weight excluding hydrogens is 258 g/mol. The number of hydrogen-bond donors (Lipinski definition) is 2. The monoisotopic (exact) mass is 281 g/mol. The van der Waals surface area contributed by atoms with Crippen molar-refractivity contribution in [2.45, 2.75) is 57.0 Å². The molecule has 1 aliphatic heterocycles. The minimum absolute atomic E-state index is 0.202.